The number of allylic oxidation sites excluding steroid dienone is 1. The lowest BCUT2D eigenvalue weighted by molar-refractivity contribution is 0.210. The second-order valence-corrected chi connectivity index (χ2v) is 11.3. The van der Waals surface area contributed by atoms with Crippen LogP contribution in [-0.2, 0) is 4.43 Å². The van der Waals surface area contributed by atoms with Gasteiger partial charge in [-0.15, -0.1) is 0 Å². The van der Waals surface area contributed by atoms with Crippen molar-refractivity contribution < 1.29 is 4.43 Å². The Labute approximate surface area is 115 Å². The summed E-state index contributed by atoms with van der Waals surface area (Å²) in [5.74, 6) is 0. The zero-order valence-electron chi connectivity index (χ0n) is 13.0. The van der Waals surface area contributed by atoms with Crippen molar-refractivity contribution in [1.29, 1.82) is 0 Å². The van der Waals surface area contributed by atoms with E-state index in [9.17, 15) is 0 Å². The van der Waals surface area contributed by atoms with Crippen LogP contribution in [0.3, 0.4) is 0 Å². The van der Waals surface area contributed by atoms with Gasteiger partial charge in [0.25, 0.3) is 0 Å². The average Bonchev–Trinajstić information content (AvgIpc) is 2.53. The quantitative estimate of drug-likeness (QED) is 0.342. The molecular formula is C16H32OSi. The van der Waals surface area contributed by atoms with E-state index in [1.807, 2.05) is 0 Å². The van der Waals surface area contributed by atoms with E-state index in [0.717, 1.165) is 11.1 Å². The maximum atomic E-state index is 6.72. The predicted molar refractivity (Wildman–Crippen MR) is 83.5 cm³/mol. The first-order chi connectivity index (χ1) is 8.53. The minimum atomic E-state index is -1.57. The van der Waals surface area contributed by atoms with Crippen molar-refractivity contribution in [2.45, 2.75) is 90.0 Å². The molecule has 1 aliphatic rings. The van der Waals surface area contributed by atoms with Crippen molar-refractivity contribution >= 4 is 8.32 Å². The maximum absolute atomic E-state index is 6.72. The second kappa shape index (κ2) is 7.49. The van der Waals surface area contributed by atoms with E-state index >= 15 is 0 Å². The van der Waals surface area contributed by atoms with Crippen molar-refractivity contribution in [1.82, 2.24) is 0 Å². The van der Waals surface area contributed by atoms with Gasteiger partial charge in [0.1, 0.15) is 0 Å². The van der Waals surface area contributed by atoms with E-state index in [0.29, 0.717) is 6.10 Å². The molecule has 1 heterocycles. The molecule has 106 valence electrons. The zero-order chi connectivity index (χ0) is 13.6. The largest absolute Gasteiger partial charge is 0.410 e. The summed E-state index contributed by atoms with van der Waals surface area (Å²) in [5, 5.41) is 0. The molecule has 0 aliphatic carbocycles. The molecular weight excluding hydrogens is 236 g/mol. The molecule has 1 unspecified atom stereocenters. The molecule has 0 spiro atoms. The molecule has 1 atom stereocenters. The minimum Gasteiger partial charge on any atom is -0.410 e. The molecule has 1 nitrogen and oxygen atoms in total. The van der Waals surface area contributed by atoms with Crippen LogP contribution < -0.4 is 0 Å². The fourth-order valence-electron chi connectivity index (χ4n) is 3.20. The average molecular weight is 269 g/mol. The highest BCUT2D eigenvalue weighted by atomic mass is 28.4. The van der Waals surface area contributed by atoms with Crippen LogP contribution in [0.1, 0.15) is 66.7 Å². The third-order valence-corrected chi connectivity index (χ3v) is 10.2. The van der Waals surface area contributed by atoms with E-state index in [1.165, 1.54) is 38.1 Å². The standard InChI is InChI=1S/C16H32OSi/c1-6-7-8-11-16-12-9-10-13-18(17-16,14(2)3)15(4)5/h9,12,14-16H,6-8,10-11,13H2,1-5H3. The second-order valence-electron chi connectivity index (χ2n) is 6.38. The fraction of sp³-hybridized carbons (Fsp3) is 0.875. The SMILES string of the molecule is CCCCCC1C=CCC[Si](C(C)C)(C(C)C)O1. The van der Waals surface area contributed by atoms with E-state index in [1.54, 1.807) is 0 Å². The van der Waals surface area contributed by atoms with Gasteiger partial charge in [-0.2, -0.15) is 0 Å². The van der Waals surface area contributed by atoms with E-state index in [2.05, 4.69) is 46.8 Å². The summed E-state index contributed by atoms with van der Waals surface area (Å²) in [6.45, 7) is 11.8. The lowest BCUT2D eigenvalue weighted by Gasteiger charge is -2.40. The van der Waals surface area contributed by atoms with Crippen molar-refractivity contribution in [3.63, 3.8) is 0 Å². The summed E-state index contributed by atoms with van der Waals surface area (Å²) < 4.78 is 6.72. The molecule has 0 bridgehead atoms. The molecule has 0 radical (unpaired) electrons. The molecule has 0 fully saturated rings. The van der Waals surface area contributed by atoms with Crippen molar-refractivity contribution in [3.05, 3.63) is 12.2 Å². The molecule has 1 aliphatic heterocycles. The molecule has 0 saturated heterocycles. The van der Waals surface area contributed by atoms with Gasteiger partial charge < -0.3 is 4.43 Å². The number of hydrogen-bond donors (Lipinski definition) is 0. The van der Waals surface area contributed by atoms with E-state index < -0.39 is 8.32 Å². The topological polar surface area (TPSA) is 9.23 Å². The van der Waals surface area contributed by atoms with E-state index in [4.69, 9.17) is 4.43 Å². The molecule has 1 rings (SSSR count). The van der Waals surface area contributed by atoms with Gasteiger partial charge in [0.05, 0.1) is 6.10 Å². The lowest BCUT2D eigenvalue weighted by Crippen LogP contribution is -2.46. The fourth-order valence-corrected chi connectivity index (χ4v) is 7.73. The Hall–Kier alpha value is -0.0831. The smallest absolute Gasteiger partial charge is 0.198 e. The lowest BCUT2D eigenvalue weighted by atomic mass is 10.1. The molecule has 2 heteroatoms. The first-order valence-electron chi connectivity index (χ1n) is 7.87. The Bertz CT molecular complexity index is 250. The van der Waals surface area contributed by atoms with Gasteiger partial charge in [-0.1, -0.05) is 66.0 Å². The molecule has 0 aromatic carbocycles. The third kappa shape index (κ3) is 3.96. The predicted octanol–water partition coefficient (Wildman–Crippen LogP) is 5.68. The molecule has 18 heavy (non-hydrogen) atoms. The molecule has 0 aromatic rings. The van der Waals surface area contributed by atoms with Gasteiger partial charge in [-0.05, 0) is 30.0 Å². The number of rotatable bonds is 6. The van der Waals surface area contributed by atoms with Crippen molar-refractivity contribution in [2.75, 3.05) is 0 Å². The van der Waals surface area contributed by atoms with Gasteiger partial charge >= 0.3 is 0 Å². The van der Waals surface area contributed by atoms with Crippen LogP contribution in [0.2, 0.25) is 17.1 Å². The van der Waals surface area contributed by atoms with Gasteiger partial charge in [0, 0.05) is 0 Å². The monoisotopic (exact) mass is 268 g/mol. The Balaban J connectivity index is 2.70. The summed E-state index contributed by atoms with van der Waals surface area (Å²) in [4.78, 5) is 0. The minimum absolute atomic E-state index is 0.399. The van der Waals surface area contributed by atoms with Crippen molar-refractivity contribution in [3.8, 4) is 0 Å². The van der Waals surface area contributed by atoms with Crippen molar-refractivity contribution in [2.24, 2.45) is 0 Å². The van der Waals surface area contributed by atoms with Crippen LogP contribution in [0.25, 0.3) is 0 Å². The van der Waals surface area contributed by atoms with Crippen LogP contribution in [0.5, 0.6) is 0 Å². The Morgan fingerprint density at radius 1 is 1.17 bits per heavy atom. The van der Waals surface area contributed by atoms with Crippen LogP contribution in [0, 0.1) is 0 Å². The molecule has 0 N–H and O–H groups in total. The van der Waals surface area contributed by atoms with Gasteiger partial charge in [-0.25, -0.2) is 0 Å². The van der Waals surface area contributed by atoms with E-state index in [-0.39, 0.29) is 0 Å². The number of unbranched alkanes of at least 4 members (excludes halogenated alkanes) is 2. The van der Waals surface area contributed by atoms with Gasteiger partial charge in [0.2, 0.25) is 0 Å². The molecule has 0 aromatic heterocycles. The third-order valence-electron chi connectivity index (χ3n) is 4.47. The van der Waals surface area contributed by atoms with Crippen LogP contribution >= 0.6 is 0 Å². The summed E-state index contributed by atoms with van der Waals surface area (Å²) in [5.41, 5.74) is 1.46. The highest BCUT2D eigenvalue weighted by Crippen LogP contribution is 2.40. The first kappa shape index (κ1) is 16.0. The first-order valence-corrected chi connectivity index (χ1v) is 10.1. The van der Waals surface area contributed by atoms with Crippen LogP contribution in [-0.4, -0.2) is 14.4 Å². The normalized spacial score (nSPS) is 23.6. The summed E-state index contributed by atoms with van der Waals surface area (Å²) in [6.07, 6.45) is 11.5. The molecule has 0 amide bonds. The van der Waals surface area contributed by atoms with Gasteiger partial charge in [0.15, 0.2) is 8.32 Å². The highest BCUT2D eigenvalue weighted by Gasteiger charge is 2.43. The zero-order valence-corrected chi connectivity index (χ0v) is 14.0. The number of hydrogen-bond acceptors (Lipinski definition) is 1. The summed E-state index contributed by atoms with van der Waals surface area (Å²) >= 11 is 0. The van der Waals surface area contributed by atoms with Crippen LogP contribution in [0.15, 0.2) is 12.2 Å². The summed E-state index contributed by atoms with van der Waals surface area (Å²) in [6, 6.07) is 1.31. The highest BCUT2D eigenvalue weighted by molar-refractivity contribution is 6.76. The van der Waals surface area contributed by atoms with Gasteiger partial charge in [-0.3, -0.25) is 0 Å². The summed E-state index contributed by atoms with van der Waals surface area (Å²) in [7, 11) is -1.57. The Morgan fingerprint density at radius 3 is 2.39 bits per heavy atom. The Morgan fingerprint density at radius 2 is 1.83 bits per heavy atom. The van der Waals surface area contributed by atoms with Crippen LogP contribution in [0.4, 0.5) is 0 Å². The maximum Gasteiger partial charge on any atom is 0.198 e. The Kier molecular flexibility index (Phi) is 6.65. The molecule has 0 saturated carbocycles.